The van der Waals surface area contributed by atoms with Crippen LogP contribution in [-0.2, 0) is 0 Å². The molecule has 0 aliphatic rings. The molecule has 43 heavy (non-hydrogen) atoms. The highest BCUT2D eigenvalue weighted by Gasteiger charge is 2.11. The number of aromatic nitrogens is 4. The summed E-state index contributed by atoms with van der Waals surface area (Å²) in [4.78, 5) is 16.4. The van der Waals surface area contributed by atoms with Crippen LogP contribution >= 0.6 is 0 Å². The molecule has 9 nitrogen and oxygen atoms in total. The first-order chi connectivity index (χ1) is 21.2. The van der Waals surface area contributed by atoms with E-state index in [2.05, 4.69) is 69.1 Å². The van der Waals surface area contributed by atoms with Crippen LogP contribution in [-0.4, -0.2) is 46.1 Å². The molecule has 214 valence electrons. The quantitative estimate of drug-likeness (QED) is 0.111. The maximum atomic E-state index is 6.26. The fourth-order valence-corrected chi connectivity index (χ4v) is 5.17. The lowest BCUT2D eigenvalue weighted by Gasteiger charge is -2.03. The Kier molecular flexibility index (Phi) is 7.08. The molecule has 3 heterocycles. The first-order valence-electron chi connectivity index (χ1n) is 14.4. The van der Waals surface area contributed by atoms with Crippen molar-refractivity contribution in [3.05, 3.63) is 97.1 Å². The van der Waals surface area contributed by atoms with Crippen LogP contribution in [0.15, 0.2) is 101 Å². The lowest BCUT2D eigenvalue weighted by Crippen LogP contribution is -2.12. The highest BCUT2D eigenvalue weighted by Crippen LogP contribution is 2.32. The topological polar surface area (TPSA) is 147 Å². The van der Waals surface area contributed by atoms with E-state index in [1.165, 1.54) is 0 Å². The second-order valence-corrected chi connectivity index (χ2v) is 10.4. The van der Waals surface area contributed by atoms with E-state index < -0.39 is 0 Å². The van der Waals surface area contributed by atoms with Crippen molar-refractivity contribution in [3.63, 3.8) is 0 Å². The van der Waals surface area contributed by atoms with Crippen LogP contribution in [0.5, 0.6) is 0 Å². The third kappa shape index (κ3) is 5.46. The molecule has 0 fully saturated rings. The van der Waals surface area contributed by atoms with Gasteiger partial charge in [0.15, 0.2) is 0 Å². The van der Waals surface area contributed by atoms with Gasteiger partial charge in [-0.3, -0.25) is 0 Å². The van der Waals surface area contributed by atoms with Gasteiger partial charge in [-0.25, -0.2) is 9.97 Å². The molecule has 0 aliphatic heterocycles. The van der Waals surface area contributed by atoms with Crippen molar-refractivity contribution in [1.29, 1.82) is 0 Å². The number of rotatable bonds is 10. The summed E-state index contributed by atoms with van der Waals surface area (Å²) in [5, 5.41) is 6.60. The maximum Gasteiger partial charge on any atom is 0.138 e. The molecule has 8 N–H and O–H groups in total. The summed E-state index contributed by atoms with van der Waals surface area (Å²) in [6, 6.07) is 32.7. The lowest BCUT2D eigenvalue weighted by molar-refractivity contribution is 0.597. The van der Waals surface area contributed by atoms with Gasteiger partial charge in [0.05, 0.1) is 22.1 Å². The first kappa shape index (κ1) is 26.5. The smallest absolute Gasteiger partial charge is 0.138 e. The molecule has 7 rings (SSSR count). The van der Waals surface area contributed by atoms with Crippen LogP contribution in [0.25, 0.3) is 67.5 Å². The number of hydrogen-bond donors (Lipinski definition) is 6. The summed E-state index contributed by atoms with van der Waals surface area (Å²) >= 11 is 0. The monoisotopic (exact) mass is 568 g/mol. The van der Waals surface area contributed by atoms with Gasteiger partial charge in [-0.15, -0.1) is 0 Å². The third-order valence-corrected chi connectivity index (χ3v) is 7.40. The van der Waals surface area contributed by atoms with Gasteiger partial charge in [0.25, 0.3) is 0 Å². The standard InChI is InChI=1S/C34H32N8O/c35-15-17-37-25-9-11-27-29(19-25)41-33(39-27)23-5-1-21(2-6-23)31-13-14-32(43-31)22-3-7-24(8-4-22)34-40-28-12-10-26(38-18-16-36)20-30(28)42-34/h1-14,19-20,37-38H,15-18,35-36H2,(H,39,41)(H,40,42). The summed E-state index contributed by atoms with van der Waals surface area (Å²) in [6.45, 7) is 2.61. The molecule has 0 saturated heterocycles. The molecular formula is C34H32N8O. The number of hydrogen-bond acceptors (Lipinski definition) is 7. The highest BCUT2D eigenvalue weighted by atomic mass is 16.3. The van der Waals surface area contributed by atoms with Crippen LogP contribution in [0.1, 0.15) is 0 Å². The Hall–Kier alpha value is -5.38. The van der Waals surface area contributed by atoms with Crippen molar-refractivity contribution in [3.8, 4) is 45.4 Å². The van der Waals surface area contributed by atoms with E-state index in [-0.39, 0.29) is 0 Å². The number of imidazole rings is 2. The van der Waals surface area contributed by atoms with Gasteiger partial charge in [-0.1, -0.05) is 48.5 Å². The van der Waals surface area contributed by atoms with E-state index in [0.717, 1.165) is 92.0 Å². The molecule has 0 saturated carbocycles. The zero-order chi connectivity index (χ0) is 29.2. The van der Waals surface area contributed by atoms with Crippen molar-refractivity contribution in [1.82, 2.24) is 19.9 Å². The number of nitrogens with one attached hydrogen (secondary N) is 4. The minimum atomic E-state index is 0.582. The van der Waals surface area contributed by atoms with Gasteiger partial charge in [-0.2, -0.15) is 0 Å². The van der Waals surface area contributed by atoms with Gasteiger partial charge >= 0.3 is 0 Å². The summed E-state index contributed by atoms with van der Waals surface area (Å²) < 4.78 is 6.26. The van der Waals surface area contributed by atoms with Crippen molar-refractivity contribution in [2.24, 2.45) is 11.5 Å². The van der Waals surface area contributed by atoms with Gasteiger partial charge in [0.2, 0.25) is 0 Å². The molecule has 0 bridgehead atoms. The van der Waals surface area contributed by atoms with Crippen molar-refractivity contribution >= 4 is 33.4 Å². The molecule has 0 aliphatic carbocycles. The normalized spacial score (nSPS) is 11.4. The van der Waals surface area contributed by atoms with Crippen LogP contribution in [0, 0.1) is 0 Å². The second kappa shape index (κ2) is 11.5. The Morgan fingerprint density at radius 3 is 1.37 bits per heavy atom. The molecular weight excluding hydrogens is 536 g/mol. The summed E-state index contributed by atoms with van der Waals surface area (Å²) in [7, 11) is 0. The largest absolute Gasteiger partial charge is 0.456 e. The van der Waals surface area contributed by atoms with Gasteiger partial charge in [-0.05, 0) is 48.5 Å². The summed E-state index contributed by atoms with van der Waals surface area (Å²) in [6.07, 6.45) is 0. The summed E-state index contributed by atoms with van der Waals surface area (Å²) in [5.41, 5.74) is 21.0. The molecule has 0 spiro atoms. The fourth-order valence-electron chi connectivity index (χ4n) is 5.17. The van der Waals surface area contributed by atoms with E-state index in [4.69, 9.17) is 25.9 Å². The first-order valence-corrected chi connectivity index (χ1v) is 14.4. The SMILES string of the molecule is NCCNc1ccc2[nH]c(-c3ccc(-c4ccc(-c5ccc(-c6nc7cc(NCCN)ccc7[nH]6)cc5)o4)cc3)nc2c1. The Morgan fingerprint density at radius 2 is 0.953 bits per heavy atom. The number of fused-ring (bicyclic) bond motifs is 2. The van der Waals surface area contributed by atoms with Crippen LogP contribution in [0.2, 0.25) is 0 Å². The zero-order valence-electron chi connectivity index (χ0n) is 23.5. The van der Waals surface area contributed by atoms with E-state index in [1.54, 1.807) is 0 Å². The Morgan fingerprint density at radius 1 is 0.535 bits per heavy atom. The number of furan rings is 1. The molecule has 0 amide bonds. The number of nitrogens with two attached hydrogens (primary N) is 2. The predicted molar refractivity (Wildman–Crippen MR) is 175 cm³/mol. The molecule has 4 aromatic carbocycles. The molecule has 0 unspecified atom stereocenters. The van der Waals surface area contributed by atoms with Gasteiger partial charge < -0.3 is 36.5 Å². The van der Waals surface area contributed by atoms with E-state index in [1.807, 2.05) is 48.5 Å². The van der Waals surface area contributed by atoms with Crippen LogP contribution in [0.3, 0.4) is 0 Å². The van der Waals surface area contributed by atoms with E-state index >= 15 is 0 Å². The predicted octanol–water partition coefficient (Wildman–Crippen LogP) is 6.44. The van der Waals surface area contributed by atoms with Crippen molar-refractivity contribution in [2.75, 3.05) is 36.8 Å². The molecule has 9 heteroatoms. The highest BCUT2D eigenvalue weighted by molar-refractivity contribution is 5.84. The molecule has 0 atom stereocenters. The minimum absolute atomic E-state index is 0.582. The maximum absolute atomic E-state index is 6.26. The minimum Gasteiger partial charge on any atom is -0.456 e. The molecule has 7 aromatic rings. The average molecular weight is 569 g/mol. The van der Waals surface area contributed by atoms with Crippen LogP contribution < -0.4 is 22.1 Å². The number of anilines is 2. The molecule has 3 aromatic heterocycles. The number of benzene rings is 4. The Balaban J connectivity index is 1.06. The second-order valence-electron chi connectivity index (χ2n) is 10.4. The zero-order valence-corrected chi connectivity index (χ0v) is 23.5. The number of nitrogens with zero attached hydrogens (tertiary/aromatic N) is 2. The van der Waals surface area contributed by atoms with Crippen LogP contribution in [0.4, 0.5) is 11.4 Å². The number of aromatic amines is 2. The van der Waals surface area contributed by atoms with E-state index in [9.17, 15) is 0 Å². The average Bonchev–Trinajstić information content (AvgIpc) is 3.81. The van der Waals surface area contributed by atoms with Gasteiger partial charge in [0, 0.05) is 59.8 Å². The number of H-pyrrole nitrogens is 2. The summed E-state index contributed by atoms with van der Waals surface area (Å²) in [5.74, 6) is 3.26. The fraction of sp³-hybridized carbons (Fsp3) is 0.118. The van der Waals surface area contributed by atoms with E-state index in [0.29, 0.717) is 13.1 Å². The molecule has 0 radical (unpaired) electrons. The van der Waals surface area contributed by atoms with Gasteiger partial charge in [0.1, 0.15) is 23.2 Å². The Bertz CT molecular complexity index is 1860. The van der Waals surface area contributed by atoms with Crippen molar-refractivity contribution in [2.45, 2.75) is 0 Å². The van der Waals surface area contributed by atoms with Crippen molar-refractivity contribution < 1.29 is 4.42 Å². The Labute approximate surface area is 248 Å². The lowest BCUT2D eigenvalue weighted by atomic mass is 10.1. The third-order valence-electron chi connectivity index (χ3n) is 7.40.